The molecule has 170 valence electrons. The smallest absolute Gasteiger partial charge is 0.252 e. The lowest BCUT2D eigenvalue weighted by Crippen LogP contribution is -2.44. The summed E-state index contributed by atoms with van der Waals surface area (Å²) in [6, 6.07) is 11.4. The van der Waals surface area contributed by atoms with Crippen molar-refractivity contribution in [1.82, 2.24) is 14.8 Å². The van der Waals surface area contributed by atoms with Crippen molar-refractivity contribution in [3.63, 3.8) is 0 Å². The summed E-state index contributed by atoms with van der Waals surface area (Å²) >= 11 is 0. The number of rotatable bonds is 7. The minimum atomic E-state index is -0.463. The van der Waals surface area contributed by atoms with Crippen LogP contribution >= 0.6 is 0 Å². The number of nitrogens with zero attached hydrogens (tertiary/aromatic N) is 3. The van der Waals surface area contributed by atoms with Crippen LogP contribution in [-0.4, -0.2) is 72.2 Å². The van der Waals surface area contributed by atoms with Crippen molar-refractivity contribution in [2.75, 3.05) is 33.4 Å². The van der Waals surface area contributed by atoms with Crippen LogP contribution in [0.5, 0.6) is 5.75 Å². The number of aromatic nitrogens is 1. The van der Waals surface area contributed by atoms with E-state index in [1.54, 1.807) is 29.3 Å². The Kier molecular flexibility index (Phi) is 7.34. The highest BCUT2D eigenvalue weighted by Gasteiger charge is 2.35. The number of hydrogen-bond acceptors (Lipinski definition) is 6. The molecular formula is C24H29N3O5. The van der Waals surface area contributed by atoms with Crippen molar-refractivity contribution in [3.05, 3.63) is 59.9 Å². The van der Waals surface area contributed by atoms with Gasteiger partial charge >= 0.3 is 0 Å². The second kappa shape index (κ2) is 10.6. The molecule has 2 saturated heterocycles. The first-order valence-electron chi connectivity index (χ1n) is 10.9. The Labute approximate surface area is 188 Å². The van der Waals surface area contributed by atoms with E-state index >= 15 is 0 Å². The lowest BCUT2D eigenvalue weighted by molar-refractivity contribution is -0.145. The minimum absolute atomic E-state index is 0.0294. The van der Waals surface area contributed by atoms with E-state index in [0.717, 1.165) is 23.3 Å². The maximum absolute atomic E-state index is 13.1. The number of ether oxygens (including phenoxy) is 3. The van der Waals surface area contributed by atoms with E-state index < -0.39 is 6.10 Å². The average Bonchev–Trinajstić information content (AvgIpc) is 3.32. The predicted octanol–water partition coefficient (Wildman–Crippen LogP) is 2.03. The molecule has 0 bridgehead atoms. The van der Waals surface area contributed by atoms with Crippen LogP contribution in [-0.2, 0) is 32.2 Å². The van der Waals surface area contributed by atoms with Crippen molar-refractivity contribution in [2.45, 2.75) is 38.2 Å². The first-order chi connectivity index (χ1) is 15.6. The second-order valence-electron chi connectivity index (χ2n) is 8.14. The standard InChI is InChI=1S/C24H29N3O5/c1-30-20-8-6-18(7-9-20)13-26-14-21(32-17-19-4-2-10-25-12-19)15-27(16-23(26)28)24(29)22-5-3-11-31-22/h2,4,6-10,12,21-22H,3,5,11,13-17H2,1H3. The molecule has 2 fully saturated rings. The van der Waals surface area contributed by atoms with Gasteiger partial charge in [-0.25, -0.2) is 0 Å². The maximum atomic E-state index is 13.1. The Morgan fingerprint density at radius 1 is 1.19 bits per heavy atom. The first-order valence-corrected chi connectivity index (χ1v) is 10.9. The van der Waals surface area contributed by atoms with E-state index in [9.17, 15) is 9.59 Å². The van der Waals surface area contributed by atoms with Crippen LogP contribution in [0.1, 0.15) is 24.0 Å². The minimum Gasteiger partial charge on any atom is -0.497 e. The van der Waals surface area contributed by atoms with Gasteiger partial charge in [-0.3, -0.25) is 14.6 Å². The molecule has 1 aromatic carbocycles. The topological polar surface area (TPSA) is 81.2 Å². The number of carbonyl (C=O) groups excluding carboxylic acids is 2. The van der Waals surface area contributed by atoms with Crippen molar-refractivity contribution >= 4 is 11.8 Å². The molecule has 0 aliphatic carbocycles. The van der Waals surface area contributed by atoms with Crippen LogP contribution in [0, 0.1) is 0 Å². The van der Waals surface area contributed by atoms with E-state index in [2.05, 4.69) is 4.98 Å². The fourth-order valence-corrected chi connectivity index (χ4v) is 4.03. The predicted molar refractivity (Wildman–Crippen MR) is 117 cm³/mol. The van der Waals surface area contributed by atoms with Crippen LogP contribution in [0.4, 0.5) is 0 Å². The Morgan fingerprint density at radius 2 is 2.03 bits per heavy atom. The first kappa shape index (κ1) is 22.2. The summed E-state index contributed by atoms with van der Waals surface area (Å²) in [5.74, 6) is 0.540. The largest absolute Gasteiger partial charge is 0.497 e. The monoisotopic (exact) mass is 439 g/mol. The molecule has 8 heteroatoms. The van der Waals surface area contributed by atoms with E-state index in [0.29, 0.717) is 39.3 Å². The number of amides is 2. The lowest BCUT2D eigenvalue weighted by Gasteiger charge is -2.26. The normalized spacial score (nSPS) is 21.5. The summed E-state index contributed by atoms with van der Waals surface area (Å²) < 4.78 is 17.0. The molecular weight excluding hydrogens is 410 g/mol. The molecule has 0 N–H and O–H groups in total. The number of carbonyl (C=O) groups is 2. The van der Waals surface area contributed by atoms with Gasteiger partial charge in [-0.15, -0.1) is 0 Å². The van der Waals surface area contributed by atoms with Gasteiger partial charge < -0.3 is 24.0 Å². The van der Waals surface area contributed by atoms with Gasteiger partial charge in [0.1, 0.15) is 11.9 Å². The van der Waals surface area contributed by atoms with E-state index in [1.165, 1.54) is 0 Å². The van der Waals surface area contributed by atoms with Gasteiger partial charge in [-0.2, -0.15) is 0 Å². The van der Waals surface area contributed by atoms with Crippen molar-refractivity contribution in [3.8, 4) is 5.75 Å². The fraction of sp³-hybridized carbons (Fsp3) is 0.458. The van der Waals surface area contributed by atoms with Gasteiger partial charge in [0.25, 0.3) is 5.91 Å². The van der Waals surface area contributed by atoms with Crippen LogP contribution in [0.15, 0.2) is 48.8 Å². The highest BCUT2D eigenvalue weighted by Crippen LogP contribution is 2.20. The molecule has 4 rings (SSSR count). The average molecular weight is 440 g/mol. The number of benzene rings is 1. The SMILES string of the molecule is COc1ccc(CN2CC(OCc3cccnc3)CN(C(=O)C3CCCO3)CC2=O)cc1. The van der Waals surface area contributed by atoms with Crippen LogP contribution in [0.2, 0.25) is 0 Å². The molecule has 0 radical (unpaired) electrons. The van der Waals surface area contributed by atoms with Gasteiger partial charge in [-0.1, -0.05) is 18.2 Å². The molecule has 2 amide bonds. The fourth-order valence-electron chi connectivity index (χ4n) is 4.03. The van der Waals surface area contributed by atoms with Gasteiger partial charge in [-0.05, 0) is 42.2 Å². The Hall–Kier alpha value is -2.97. The van der Waals surface area contributed by atoms with Gasteiger partial charge in [0.15, 0.2) is 0 Å². The number of methoxy groups -OCH3 is 1. The molecule has 2 aliphatic rings. The molecule has 32 heavy (non-hydrogen) atoms. The quantitative estimate of drug-likeness (QED) is 0.657. The van der Waals surface area contributed by atoms with Crippen LogP contribution in [0.3, 0.4) is 0 Å². The van der Waals surface area contributed by atoms with Crippen molar-refractivity contribution < 1.29 is 23.8 Å². The number of pyridine rings is 1. The summed E-state index contributed by atoms with van der Waals surface area (Å²) in [7, 11) is 1.62. The third-order valence-electron chi connectivity index (χ3n) is 5.78. The molecule has 8 nitrogen and oxygen atoms in total. The second-order valence-corrected chi connectivity index (χ2v) is 8.14. The third kappa shape index (κ3) is 5.63. The zero-order valence-corrected chi connectivity index (χ0v) is 18.3. The van der Waals surface area contributed by atoms with Crippen LogP contribution in [0.25, 0.3) is 0 Å². The Morgan fingerprint density at radius 3 is 2.72 bits per heavy atom. The van der Waals surface area contributed by atoms with Gasteiger partial charge in [0.2, 0.25) is 5.91 Å². The number of hydrogen-bond donors (Lipinski definition) is 0. The third-order valence-corrected chi connectivity index (χ3v) is 5.78. The van der Waals surface area contributed by atoms with Gasteiger partial charge in [0.05, 0.1) is 26.4 Å². The zero-order chi connectivity index (χ0) is 22.3. The van der Waals surface area contributed by atoms with Crippen molar-refractivity contribution in [2.24, 2.45) is 0 Å². The molecule has 2 atom stereocenters. The van der Waals surface area contributed by atoms with Gasteiger partial charge in [0, 0.05) is 38.6 Å². The molecule has 2 aromatic rings. The van der Waals surface area contributed by atoms with E-state index in [-0.39, 0.29) is 24.5 Å². The van der Waals surface area contributed by atoms with Crippen LogP contribution < -0.4 is 4.74 Å². The van der Waals surface area contributed by atoms with E-state index in [4.69, 9.17) is 14.2 Å². The molecule has 3 heterocycles. The molecule has 2 unspecified atom stereocenters. The summed E-state index contributed by atoms with van der Waals surface area (Å²) in [6.07, 6.45) is 4.25. The summed E-state index contributed by atoms with van der Waals surface area (Å²) in [5, 5.41) is 0. The molecule has 2 aliphatic heterocycles. The molecule has 1 aromatic heterocycles. The highest BCUT2D eigenvalue weighted by atomic mass is 16.5. The maximum Gasteiger partial charge on any atom is 0.252 e. The molecule has 0 saturated carbocycles. The summed E-state index contributed by atoms with van der Waals surface area (Å²) in [6.45, 7) is 2.18. The Bertz CT molecular complexity index is 900. The molecule has 0 spiro atoms. The highest BCUT2D eigenvalue weighted by molar-refractivity contribution is 5.87. The zero-order valence-electron chi connectivity index (χ0n) is 18.3. The lowest BCUT2D eigenvalue weighted by atomic mass is 10.2. The summed E-state index contributed by atoms with van der Waals surface area (Å²) in [4.78, 5) is 33.6. The van der Waals surface area contributed by atoms with Crippen molar-refractivity contribution in [1.29, 1.82) is 0 Å². The summed E-state index contributed by atoms with van der Waals surface area (Å²) in [5.41, 5.74) is 1.94. The Balaban J connectivity index is 1.48. The van der Waals surface area contributed by atoms with E-state index in [1.807, 2.05) is 36.4 Å².